The van der Waals surface area contributed by atoms with Crippen LogP contribution >= 0.6 is 11.6 Å². The van der Waals surface area contributed by atoms with Crippen molar-refractivity contribution in [3.05, 3.63) is 47.1 Å². The van der Waals surface area contributed by atoms with Crippen molar-refractivity contribution < 1.29 is 23.0 Å². The maximum Gasteiger partial charge on any atom is 0.417 e. The molecule has 0 radical (unpaired) electrons. The van der Waals surface area contributed by atoms with Crippen molar-refractivity contribution in [2.75, 3.05) is 0 Å². The number of phenols is 1. The Labute approximate surface area is 111 Å². The first-order valence-corrected chi connectivity index (χ1v) is 5.43. The van der Waals surface area contributed by atoms with E-state index in [2.05, 4.69) is 4.98 Å². The topological polar surface area (TPSA) is 42.4 Å². The van der Waals surface area contributed by atoms with E-state index in [0.717, 1.165) is 12.1 Å². The summed E-state index contributed by atoms with van der Waals surface area (Å²) >= 11 is 5.67. The van der Waals surface area contributed by atoms with E-state index in [4.69, 9.17) is 16.3 Å². The van der Waals surface area contributed by atoms with Crippen LogP contribution in [-0.2, 0) is 6.18 Å². The summed E-state index contributed by atoms with van der Waals surface area (Å²) in [5.74, 6) is 0.138. The Kier molecular flexibility index (Phi) is 3.53. The summed E-state index contributed by atoms with van der Waals surface area (Å²) in [5.41, 5.74) is -0.858. The number of hydrogen-bond donors (Lipinski definition) is 1. The molecule has 0 fully saturated rings. The lowest BCUT2D eigenvalue weighted by Gasteiger charge is -2.08. The van der Waals surface area contributed by atoms with E-state index in [9.17, 15) is 18.3 Å². The average Bonchev–Trinajstić information content (AvgIpc) is 2.33. The highest BCUT2D eigenvalue weighted by molar-refractivity contribution is 6.32. The number of halogens is 4. The first kappa shape index (κ1) is 13.5. The minimum absolute atomic E-state index is 0.00486. The largest absolute Gasteiger partial charge is 0.506 e. The van der Waals surface area contributed by atoms with Crippen LogP contribution in [0.1, 0.15) is 5.56 Å². The van der Waals surface area contributed by atoms with Gasteiger partial charge in [-0.15, -0.1) is 0 Å². The van der Waals surface area contributed by atoms with Crippen LogP contribution < -0.4 is 4.74 Å². The van der Waals surface area contributed by atoms with Gasteiger partial charge in [-0.25, -0.2) is 4.98 Å². The van der Waals surface area contributed by atoms with Crippen molar-refractivity contribution in [3.63, 3.8) is 0 Å². The monoisotopic (exact) mass is 289 g/mol. The highest BCUT2D eigenvalue weighted by Crippen LogP contribution is 2.32. The van der Waals surface area contributed by atoms with Crippen molar-refractivity contribution in [1.29, 1.82) is 0 Å². The Morgan fingerprint density at radius 2 is 1.89 bits per heavy atom. The maximum absolute atomic E-state index is 12.3. The molecule has 1 heterocycles. The predicted molar refractivity (Wildman–Crippen MR) is 62.4 cm³/mol. The first-order valence-electron chi connectivity index (χ1n) is 5.06. The molecule has 0 saturated carbocycles. The Morgan fingerprint density at radius 1 is 1.16 bits per heavy atom. The number of rotatable bonds is 2. The van der Waals surface area contributed by atoms with Gasteiger partial charge in [-0.2, -0.15) is 13.2 Å². The van der Waals surface area contributed by atoms with Gasteiger partial charge in [0.2, 0.25) is 5.88 Å². The predicted octanol–water partition coefficient (Wildman–Crippen LogP) is 4.25. The molecule has 100 valence electrons. The van der Waals surface area contributed by atoms with Crippen LogP contribution in [0.3, 0.4) is 0 Å². The van der Waals surface area contributed by atoms with Crippen LogP contribution in [-0.4, -0.2) is 10.1 Å². The number of benzene rings is 1. The number of hydrogen-bond acceptors (Lipinski definition) is 3. The van der Waals surface area contributed by atoms with E-state index in [-0.39, 0.29) is 22.4 Å². The van der Waals surface area contributed by atoms with Crippen molar-refractivity contribution in [2.24, 2.45) is 0 Å². The Morgan fingerprint density at radius 3 is 2.42 bits per heavy atom. The number of ether oxygens (including phenoxy) is 1. The second-order valence-electron chi connectivity index (χ2n) is 3.60. The zero-order valence-electron chi connectivity index (χ0n) is 9.28. The number of alkyl halides is 3. The summed E-state index contributed by atoms with van der Waals surface area (Å²) in [6.45, 7) is 0. The van der Waals surface area contributed by atoms with Gasteiger partial charge in [0.05, 0.1) is 10.6 Å². The molecule has 0 spiro atoms. The van der Waals surface area contributed by atoms with E-state index >= 15 is 0 Å². The zero-order valence-corrected chi connectivity index (χ0v) is 10.0. The van der Waals surface area contributed by atoms with Gasteiger partial charge < -0.3 is 9.84 Å². The molecule has 0 saturated heterocycles. The molecule has 1 aromatic heterocycles. The van der Waals surface area contributed by atoms with Crippen molar-refractivity contribution in [2.45, 2.75) is 6.18 Å². The van der Waals surface area contributed by atoms with E-state index in [0.29, 0.717) is 6.20 Å². The van der Waals surface area contributed by atoms with Crippen molar-refractivity contribution >= 4 is 11.6 Å². The molecule has 0 unspecified atom stereocenters. The van der Waals surface area contributed by atoms with E-state index in [1.54, 1.807) is 0 Å². The molecule has 2 aromatic rings. The fourth-order valence-corrected chi connectivity index (χ4v) is 1.45. The zero-order chi connectivity index (χ0) is 14.0. The summed E-state index contributed by atoms with van der Waals surface area (Å²) < 4.78 is 42.2. The van der Waals surface area contributed by atoms with E-state index in [1.165, 1.54) is 18.2 Å². The standard InChI is InChI=1S/C12H7ClF3NO2/c13-9-5-8(2-3-10(9)18)19-11-4-1-7(6-17-11)12(14,15)16/h1-6,18H. The summed E-state index contributed by atoms with van der Waals surface area (Å²) in [4.78, 5) is 3.54. The highest BCUT2D eigenvalue weighted by atomic mass is 35.5. The molecule has 19 heavy (non-hydrogen) atoms. The van der Waals surface area contributed by atoms with Crippen LogP contribution in [0, 0.1) is 0 Å². The second kappa shape index (κ2) is 4.97. The third kappa shape index (κ3) is 3.29. The number of pyridine rings is 1. The number of nitrogens with zero attached hydrogens (tertiary/aromatic N) is 1. The van der Waals surface area contributed by atoms with Crippen LogP contribution in [0.4, 0.5) is 13.2 Å². The van der Waals surface area contributed by atoms with Crippen LogP contribution in [0.15, 0.2) is 36.5 Å². The fraction of sp³-hybridized carbons (Fsp3) is 0.0833. The van der Waals surface area contributed by atoms with Gasteiger partial charge in [0.25, 0.3) is 0 Å². The second-order valence-corrected chi connectivity index (χ2v) is 4.01. The molecule has 2 rings (SSSR count). The summed E-state index contributed by atoms with van der Waals surface area (Å²) in [7, 11) is 0. The Bertz CT molecular complexity index is 585. The van der Waals surface area contributed by atoms with Gasteiger partial charge in [0, 0.05) is 18.3 Å². The normalized spacial score (nSPS) is 11.4. The van der Waals surface area contributed by atoms with Gasteiger partial charge in [-0.1, -0.05) is 11.6 Å². The molecular weight excluding hydrogens is 283 g/mol. The Hall–Kier alpha value is -1.95. The van der Waals surface area contributed by atoms with Gasteiger partial charge in [0.1, 0.15) is 11.5 Å². The van der Waals surface area contributed by atoms with Gasteiger partial charge in [-0.05, 0) is 18.2 Å². The Balaban J connectivity index is 2.17. The SMILES string of the molecule is Oc1ccc(Oc2ccc(C(F)(F)F)cn2)cc1Cl. The minimum atomic E-state index is -4.44. The van der Waals surface area contributed by atoms with Crippen LogP contribution in [0.25, 0.3) is 0 Å². The number of aromatic hydroxyl groups is 1. The third-order valence-electron chi connectivity index (χ3n) is 2.21. The molecule has 0 atom stereocenters. The van der Waals surface area contributed by atoms with Gasteiger partial charge in [0.15, 0.2) is 0 Å². The number of phenolic OH excluding ortho intramolecular Hbond substituents is 1. The smallest absolute Gasteiger partial charge is 0.417 e. The summed E-state index contributed by atoms with van der Waals surface area (Å²) in [5, 5.41) is 9.28. The lowest BCUT2D eigenvalue weighted by Crippen LogP contribution is -2.05. The maximum atomic E-state index is 12.3. The summed E-state index contributed by atoms with van der Waals surface area (Å²) in [6, 6.07) is 6.02. The highest BCUT2D eigenvalue weighted by Gasteiger charge is 2.30. The lowest BCUT2D eigenvalue weighted by molar-refractivity contribution is -0.137. The minimum Gasteiger partial charge on any atom is -0.506 e. The third-order valence-corrected chi connectivity index (χ3v) is 2.51. The molecule has 1 aromatic carbocycles. The quantitative estimate of drug-likeness (QED) is 0.898. The molecular formula is C12H7ClF3NO2. The molecule has 0 aliphatic heterocycles. The fourth-order valence-electron chi connectivity index (χ4n) is 1.28. The molecule has 0 aliphatic carbocycles. The number of aromatic nitrogens is 1. The molecule has 7 heteroatoms. The van der Waals surface area contributed by atoms with Crippen molar-refractivity contribution in [3.8, 4) is 17.4 Å². The van der Waals surface area contributed by atoms with Crippen molar-refractivity contribution in [1.82, 2.24) is 4.98 Å². The lowest BCUT2D eigenvalue weighted by atomic mass is 10.3. The van der Waals surface area contributed by atoms with Crippen LogP contribution in [0.2, 0.25) is 5.02 Å². The molecule has 0 bridgehead atoms. The molecule has 3 nitrogen and oxygen atoms in total. The summed E-state index contributed by atoms with van der Waals surface area (Å²) in [6.07, 6.45) is -3.76. The van der Waals surface area contributed by atoms with E-state index in [1.807, 2.05) is 0 Å². The van der Waals surface area contributed by atoms with E-state index < -0.39 is 11.7 Å². The molecule has 0 amide bonds. The van der Waals surface area contributed by atoms with Gasteiger partial charge in [-0.3, -0.25) is 0 Å². The van der Waals surface area contributed by atoms with Gasteiger partial charge >= 0.3 is 6.18 Å². The molecule has 0 aliphatic rings. The molecule has 1 N–H and O–H groups in total. The average molecular weight is 290 g/mol. The first-order chi connectivity index (χ1) is 8.86. The van der Waals surface area contributed by atoms with Crippen LogP contribution in [0.5, 0.6) is 17.4 Å².